The molecule has 0 aromatic carbocycles. The topological polar surface area (TPSA) is 80.7 Å². The molecular formula is C20H34O5S. The smallest absolute Gasteiger partial charge is 0.160 e. The Kier molecular flexibility index (Phi) is 4.69. The number of aliphatic hydroxyl groups is 1. The Labute approximate surface area is 157 Å². The molecule has 6 heteroatoms. The van der Waals surface area contributed by atoms with Gasteiger partial charge in [0.15, 0.2) is 15.6 Å². The monoisotopic (exact) mass is 386 g/mol. The van der Waals surface area contributed by atoms with E-state index in [9.17, 15) is 18.3 Å². The molecule has 0 saturated heterocycles. The van der Waals surface area contributed by atoms with Gasteiger partial charge in [0.25, 0.3) is 0 Å². The molecule has 3 saturated carbocycles. The first-order valence-corrected chi connectivity index (χ1v) is 11.7. The van der Waals surface area contributed by atoms with Crippen LogP contribution in [0.2, 0.25) is 0 Å². The van der Waals surface area contributed by atoms with E-state index in [2.05, 4.69) is 13.8 Å². The molecule has 2 unspecified atom stereocenters. The fourth-order valence-corrected chi connectivity index (χ4v) is 7.74. The van der Waals surface area contributed by atoms with Crippen molar-refractivity contribution in [3.63, 3.8) is 0 Å². The van der Waals surface area contributed by atoms with Crippen molar-refractivity contribution in [1.29, 1.82) is 0 Å². The first-order valence-electron chi connectivity index (χ1n) is 9.81. The Hall–Kier alpha value is -0.460. The predicted octanol–water partition coefficient (Wildman–Crippen LogP) is 2.61. The predicted molar refractivity (Wildman–Crippen MR) is 101 cm³/mol. The van der Waals surface area contributed by atoms with Gasteiger partial charge in [-0.15, -0.1) is 0 Å². The zero-order valence-corrected chi connectivity index (χ0v) is 17.7. The number of sulfone groups is 1. The third-order valence-electron chi connectivity index (χ3n) is 8.86. The molecule has 0 aromatic heterocycles. The molecule has 8 atom stereocenters. The number of ether oxygens (including phenoxy) is 1. The first-order chi connectivity index (χ1) is 11.9. The Morgan fingerprint density at radius 1 is 1.15 bits per heavy atom. The van der Waals surface area contributed by atoms with Gasteiger partial charge in [-0.05, 0) is 49.9 Å². The van der Waals surface area contributed by atoms with E-state index in [1.165, 1.54) is 6.92 Å². The van der Waals surface area contributed by atoms with E-state index in [0.717, 1.165) is 31.9 Å². The van der Waals surface area contributed by atoms with Crippen LogP contribution in [0, 0.1) is 28.6 Å². The summed E-state index contributed by atoms with van der Waals surface area (Å²) in [6, 6.07) is 0. The highest BCUT2D eigenvalue weighted by molar-refractivity contribution is 7.92. The normalized spacial score (nSPS) is 52.3. The second kappa shape index (κ2) is 6.02. The standard InChI is InChI=1S/C20H34O5S/c1-12-7-9-20-10-8-14(25-5)16(20)19(12,4)15(21)11-18(3,26(6,23)24)17(22)13(20)2/h12-16,21H,7-11H2,1-6H3/t12-,13+,14-,15-,16?,18-,19+,20?/m1/s1. The molecule has 0 aromatic rings. The van der Waals surface area contributed by atoms with E-state index in [1.54, 1.807) is 7.11 Å². The van der Waals surface area contributed by atoms with Gasteiger partial charge in [-0.2, -0.15) is 0 Å². The molecule has 0 heterocycles. The number of ketones is 1. The highest BCUT2D eigenvalue weighted by atomic mass is 32.2. The molecule has 1 N–H and O–H groups in total. The lowest BCUT2D eigenvalue weighted by atomic mass is 9.45. The van der Waals surface area contributed by atoms with Gasteiger partial charge in [0.2, 0.25) is 0 Å². The summed E-state index contributed by atoms with van der Waals surface area (Å²) in [6.07, 6.45) is 3.83. The van der Waals surface area contributed by atoms with Crippen LogP contribution in [0.3, 0.4) is 0 Å². The molecule has 3 aliphatic carbocycles. The minimum atomic E-state index is -3.65. The van der Waals surface area contributed by atoms with Gasteiger partial charge in [0.1, 0.15) is 4.75 Å². The minimum Gasteiger partial charge on any atom is -0.392 e. The maximum Gasteiger partial charge on any atom is 0.160 e. The number of aliphatic hydroxyl groups excluding tert-OH is 1. The lowest BCUT2D eigenvalue weighted by Gasteiger charge is -2.61. The second-order valence-corrected chi connectivity index (χ2v) is 12.1. The fraction of sp³-hybridized carbons (Fsp3) is 0.950. The highest BCUT2D eigenvalue weighted by Gasteiger charge is 2.68. The number of carbonyl (C=O) groups excluding carboxylic acids is 1. The number of Topliss-reactive ketones (excluding diaryl/α,β-unsaturated/α-hetero) is 1. The number of methoxy groups -OCH3 is 1. The van der Waals surface area contributed by atoms with E-state index in [-0.39, 0.29) is 41.5 Å². The largest absolute Gasteiger partial charge is 0.392 e. The zero-order chi connectivity index (χ0) is 19.7. The highest BCUT2D eigenvalue weighted by Crippen LogP contribution is 2.68. The van der Waals surface area contributed by atoms with E-state index in [1.807, 2.05) is 6.92 Å². The van der Waals surface area contributed by atoms with Crippen LogP contribution in [0.5, 0.6) is 0 Å². The molecule has 2 bridgehead atoms. The van der Waals surface area contributed by atoms with Gasteiger partial charge < -0.3 is 9.84 Å². The third-order valence-corrected chi connectivity index (χ3v) is 10.9. The molecule has 26 heavy (non-hydrogen) atoms. The van der Waals surface area contributed by atoms with Crippen LogP contribution in [0.4, 0.5) is 0 Å². The quantitative estimate of drug-likeness (QED) is 0.789. The molecule has 3 aliphatic rings. The van der Waals surface area contributed by atoms with Crippen molar-refractivity contribution in [2.75, 3.05) is 13.4 Å². The van der Waals surface area contributed by atoms with Crippen molar-refractivity contribution >= 4 is 15.6 Å². The van der Waals surface area contributed by atoms with Gasteiger partial charge in [-0.3, -0.25) is 4.79 Å². The molecule has 3 fully saturated rings. The van der Waals surface area contributed by atoms with Crippen molar-refractivity contribution in [3.8, 4) is 0 Å². The number of rotatable bonds is 2. The van der Waals surface area contributed by atoms with Crippen LogP contribution < -0.4 is 0 Å². The van der Waals surface area contributed by atoms with Crippen molar-refractivity contribution in [3.05, 3.63) is 0 Å². The summed E-state index contributed by atoms with van der Waals surface area (Å²) < 4.78 is 29.6. The van der Waals surface area contributed by atoms with Crippen LogP contribution in [-0.2, 0) is 19.4 Å². The van der Waals surface area contributed by atoms with Crippen LogP contribution in [-0.4, -0.2) is 49.6 Å². The van der Waals surface area contributed by atoms with Crippen molar-refractivity contribution < 1.29 is 23.1 Å². The molecule has 0 amide bonds. The Balaban J connectivity index is 2.25. The molecule has 3 rings (SSSR count). The molecule has 0 radical (unpaired) electrons. The molecule has 150 valence electrons. The van der Waals surface area contributed by atoms with Crippen molar-refractivity contribution in [2.45, 2.75) is 76.8 Å². The van der Waals surface area contributed by atoms with Gasteiger partial charge in [-0.25, -0.2) is 8.42 Å². The Bertz CT molecular complexity index is 703. The van der Waals surface area contributed by atoms with Gasteiger partial charge in [0.05, 0.1) is 12.2 Å². The fourth-order valence-electron chi connectivity index (χ4n) is 6.74. The summed E-state index contributed by atoms with van der Waals surface area (Å²) in [7, 11) is -1.93. The van der Waals surface area contributed by atoms with Crippen LogP contribution in [0.1, 0.15) is 59.8 Å². The van der Waals surface area contributed by atoms with Gasteiger partial charge in [0, 0.05) is 31.1 Å². The summed E-state index contributed by atoms with van der Waals surface area (Å²) in [6.45, 7) is 7.70. The SMILES string of the molecule is CO[C@@H]1CCC23CC[C@@H](C)[C@](C)(C12)[C@H](O)C[C@@](C)(S(C)(=O)=O)C(=O)[C@@H]3C. The first kappa shape index (κ1) is 20.3. The number of hydrogen-bond acceptors (Lipinski definition) is 5. The lowest BCUT2D eigenvalue weighted by molar-refractivity contribution is -0.182. The van der Waals surface area contributed by atoms with Crippen molar-refractivity contribution in [2.24, 2.45) is 28.6 Å². The zero-order valence-electron chi connectivity index (χ0n) is 16.9. The van der Waals surface area contributed by atoms with Crippen molar-refractivity contribution in [1.82, 2.24) is 0 Å². The van der Waals surface area contributed by atoms with E-state index >= 15 is 0 Å². The summed E-state index contributed by atoms with van der Waals surface area (Å²) >= 11 is 0. The Morgan fingerprint density at radius 2 is 1.73 bits per heavy atom. The maximum atomic E-state index is 13.5. The minimum absolute atomic E-state index is 0.00948. The molecular weight excluding hydrogens is 352 g/mol. The van der Waals surface area contributed by atoms with Gasteiger partial charge in [-0.1, -0.05) is 20.8 Å². The number of hydrogen-bond donors (Lipinski definition) is 1. The van der Waals surface area contributed by atoms with Crippen LogP contribution >= 0.6 is 0 Å². The average molecular weight is 387 g/mol. The maximum absolute atomic E-state index is 13.5. The van der Waals surface area contributed by atoms with E-state index in [0.29, 0.717) is 0 Å². The number of carbonyl (C=O) groups is 1. The van der Waals surface area contributed by atoms with Crippen LogP contribution in [0.25, 0.3) is 0 Å². The second-order valence-electron chi connectivity index (χ2n) is 9.64. The van der Waals surface area contributed by atoms with E-state index < -0.39 is 26.1 Å². The molecule has 0 aliphatic heterocycles. The van der Waals surface area contributed by atoms with E-state index in [4.69, 9.17) is 4.74 Å². The third kappa shape index (κ3) is 2.34. The summed E-state index contributed by atoms with van der Waals surface area (Å²) in [5.41, 5.74) is -0.747. The summed E-state index contributed by atoms with van der Waals surface area (Å²) in [4.78, 5) is 13.5. The lowest BCUT2D eigenvalue weighted by Crippen LogP contribution is -2.64. The molecule has 5 nitrogen and oxygen atoms in total. The van der Waals surface area contributed by atoms with Crippen LogP contribution in [0.15, 0.2) is 0 Å². The summed E-state index contributed by atoms with van der Waals surface area (Å²) in [5.74, 6) is -0.262. The van der Waals surface area contributed by atoms with Gasteiger partial charge >= 0.3 is 0 Å². The Morgan fingerprint density at radius 3 is 2.27 bits per heavy atom. The summed E-state index contributed by atoms with van der Waals surface area (Å²) in [5, 5.41) is 11.3. The average Bonchev–Trinajstić information content (AvgIpc) is 2.95. The molecule has 0 spiro atoms.